The molecule has 0 saturated heterocycles. The first-order valence-electron chi connectivity index (χ1n) is 14.9. The molecule has 0 N–H and O–H groups in total. The summed E-state index contributed by atoms with van der Waals surface area (Å²) in [4.78, 5) is 0. The number of halogens is 2. The Morgan fingerprint density at radius 1 is 0.659 bits per heavy atom. The molecule has 2 aliphatic carbocycles. The zero-order valence-electron chi connectivity index (χ0n) is 24.9. The molecule has 0 bridgehead atoms. The first kappa shape index (κ1) is 29.4. The van der Waals surface area contributed by atoms with Crippen LogP contribution in [0.1, 0.15) is 55.8 Å². The number of benzene rings is 4. The van der Waals surface area contributed by atoms with Gasteiger partial charge in [-0.2, -0.15) is 0 Å². The zero-order valence-corrected chi connectivity index (χ0v) is 31.3. The van der Waals surface area contributed by atoms with Crippen molar-refractivity contribution in [3.8, 4) is 22.3 Å². The van der Waals surface area contributed by atoms with Gasteiger partial charge < -0.3 is 0 Å². The molecule has 6 rings (SSSR count). The summed E-state index contributed by atoms with van der Waals surface area (Å²) in [6.45, 7) is 9.22. The van der Waals surface area contributed by atoms with Crippen molar-refractivity contribution in [2.45, 2.75) is 46.5 Å². The number of allylic oxidation sites excluding steroid dienone is 2. The predicted molar refractivity (Wildman–Crippen MR) is 181 cm³/mol. The van der Waals surface area contributed by atoms with Crippen LogP contribution in [0.15, 0.2) is 102 Å². The summed E-state index contributed by atoms with van der Waals surface area (Å²) < 4.78 is 0.245. The summed E-state index contributed by atoms with van der Waals surface area (Å²) in [5.41, 5.74) is 14.6. The fraction of sp³-hybridized carbons (Fsp3) is 0.243. The van der Waals surface area contributed by atoms with Crippen molar-refractivity contribution >= 4 is 39.7 Å². The molecule has 41 heavy (non-hydrogen) atoms. The molecule has 209 valence electrons. The molecule has 0 nitrogen and oxygen atoms in total. The van der Waals surface area contributed by atoms with E-state index in [4.69, 9.17) is 17.0 Å². The van der Waals surface area contributed by atoms with Gasteiger partial charge in [-0.1, -0.05) is 0 Å². The number of hydrogen-bond acceptors (Lipinski definition) is 0. The van der Waals surface area contributed by atoms with Gasteiger partial charge in [0.2, 0.25) is 0 Å². The van der Waals surface area contributed by atoms with Gasteiger partial charge in [0.15, 0.2) is 0 Å². The maximum atomic E-state index is 8.58. The van der Waals surface area contributed by atoms with E-state index in [1.165, 1.54) is 61.2 Å². The second-order valence-electron chi connectivity index (χ2n) is 12.7. The van der Waals surface area contributed by atoms with Crippen LogP contribution in [0.25, 0.3) is 34.4 Å². The van der Waals surface area contributed by atoms with Crippen LogP contribution in [-0.2, 0) is 13.9 Å². The van der Waals surface area contributed by atoms with E-state index in [1.807, 2.05) is 0 Å². The summed E-state index contributed by atoms with van der Waals surface area (Å²) in [6.07, 6.45) is 4.89. The first-order valence-corrected chi connectivity index (χ1v) is 37.5. The number of hydrogen-bond donors (Lipinski definition) is 0. The summed E-state index contributed by atoms with van der Waals surface area (Å²) in [5, 5.41) is 0. The van der Waals surface area contributed by atoms with Crippen LogP contribution in [0.5, 0.6) is 0 Å². The van der Waals surface area contributed by atoms with Crippen LogP contribution < -0.4 is 0 Å². The van der Waals surface area contributed by atoms with Gasteiger partial charge in [-0.3, -0.25) is 0 Å². The van der Waals surface area contributed by atoms with Crippen molar-refractivity contribution in [3.05, 3.63) is 130 Å². The maximum absolute atomic E-state index is 8.58. The summed E-state index contributed by atoms with van der Waals surface area (Å²) in [5.74, 6) is 5.33. The fourth-order valence-corrected chi connectivity index (χ4v) is 53.8. The Hall–Kier alpha value is -1.63. The normalized spacial score (nSPS) is 19.0. The second-order valence-corrected chi connectivity index (χ2v) is 76.8. The monoisotopic (exact) mass is 717 g/mol. The molecule has 0 aromatic heterocycles. The van der Waals surface area contributed by atoms with Crippen molar-refractivity contribution in [2.24, 2.45) is 5.92 Å². The fourth-order valence-electron chi connectivity index (χ4n) is 7.65. The summed E-state index contributed by atoms with van der Waals surface area (Å²) >= 11 is -4.72. The van der Waals surface area contributed by atoms with E-state index in [9.17, 15) is 0 Å². The SMILES string of the molecule is CC1=Cc2c(-c3ccccc3)ccc(C)c2[CH]1[Zr]([Cl])([Cl])([CH]1C(C(C)C)=Cc2c(-c3ccccc3)cccc21)[GeH]([CH3])[CH3]. The first-order chi connectivity index (χ1) is 19.5. The van der Waals surface area contributed by atoms with E-state index in [2.05, 4.69) is 142 Å². The zero-order chi connectivity index (χ0) is 29.1. The third-order valence-corrected chi connectivity index (χ3v) is 91.7. The van der Waals surface area contributed by atoms with Crippen molar-refractivity contribution in [2.75, 3.05) is 0 Å². The third kappa shape index (κ3) is 4.57. The minimum absolute atomic E-state index is 0.122. The van der Waals surface area contributed by atoms with Crippen molar-refractivity contribution in [3.63, 3.8) is 0 Å². The number of aryl methyl sites for hydroxylation is 1. The van der Waals surface area contributed by atoms with E-state index in [1.54, 1.807) is 0 Å². The Labute approximate surface area is 256 Å². The summed E-state index contributed by atoms with van der Waals surface area (Å²) in [7, 11) is 14.9. The predicted octanol–water partition coefficient (Wildman–Crippen LogP) is 11.6. The molecular formula is C37H39Cl2GeZr. The van der Waals surface area contributed by atoms with Crippen LogP contribution in [0.3, 0.4) is 0 Å². The van der Waals surface area contributed by atoms with E-state index in [-0.39, 0.29) is 7.25 Å². The minimum atomic E-state index is -4.72. The van der Waals surface area contributed by atoms with Crippen LogP contribution in [0.4, 0.5) is 0 Å². The van der Waals surface area contributed by atoms with E-state index in [0.29, 0.717) is 5.92 Å². The molecule has 0 saturated carbocycles. The van der Waals surface area contributed by atoms with Crippen LogP contribution in [-0.4, -0.2) is 10.6 Å². The van der Waals surface area contributed by atoms with Crippen LogP contribution in [0, 0.1) is 12.8 Å². The van der Waals surface area contributed by atoms with Crippen molar-refractivity contribution < 1.29 is 13.9 Å². The van der Waals surface area contributed by atoms with E-state index < -0.39 is 24.4 Å². The van der Waals surface area contributed by atoms with E-state index >= 15 is 0 Å². The molecule has 4 heteroatoms. The molecule has 2 unspecified atom stereocenters. The van der Waals surface area contributed by atoms with Crippen LogP contribution >= 0.6 is 17.0 Å². The second kappa shape index (κ2) is 10.8. The molecule has 0 amide bonds. The molecule has 0 spiro atoms. The third-order valence-electron chi connectivity index (χ3n) is 9.76. The molecule has 0 heterocycles. The van der Waals surface area contributed by atoms with Crippen LogP contribution in [0.2, 0.25) is 11.5 Å². The molecule has 0 fully saturated rings. The van der Waals surface area contributed by atoms with Gasteiger partial charge in [0, 0.05) is 0 Å². The standard InChI is InChI=1S/C18H17.C17H15.C2H7Ge.2ClH.Zr/c1-13(2)16-11-15-9-6-10-17(18(15)12-16)14-7-4-3-5-8-14;1-12-10-16-13(2)8-9-15(17(16)11-12)14-6-4-3-5-7-14;1-3-2;;;/h3-13H,1-2H3;3-11H,1-2H3;3H,1-2H3;2*1H;/q;;;;;+2/p-2. The Morgan fingerprint density at radius 2 is 1.24 bits per heavy atom. The molecule has 4 aromatic carbocycles. The Balaban J connectivity index is 1.62. The summed E-state index contributed by atoms with van der Waals surface area (Å²) in [6, 6.07) is 33.0. The number of fused-ring (bicyclic) bond motifs is 2. The average molecular weight is 718 g/mol. The topological polar surface area (TPSA) is 0 Å². The Morgan fingerprint density at radius 3 is 1.80 bits per heavy atom. The molecule has 0 radical (unpaired) electrons. The van der Waals surface area contributed by atoms with Gasteiger partial charge in [0.25, 0.3) is 0 Å². The molecule has 2 aliphatic rings. The van der Waals surface area contributed by atoms with E-state index in [0.717, 1.165) is 0 Å². The van der Waals surface area contributed by atoms with Gasteiger partial charge in [-0.05, 0) is 0 Å². The van der Waals surface area contributed by atoms with Crippen molar-refractivity contribution in [1.82, 2.24) is 0 Å². The van der Waals surface area contributed by atoms with Gasteiger partial charge in [-0.25, -0.2) is 0 Å². The molecule has 4 aromatic rings. The average Bonchev–Trinajstić information content (AvgIpc) is 3.54. The molecule has 2 atom stereocenters. The Kier molecular flexibility index (Phi) is 7.77. The molecule has 0 aliphatic heterocycles. The Bertz CT molecular complexity index is 1700. The van der Waals surface area contributed by atoms with Gasteiger partial charge >= 0.3 is 258 Å². The number of rotatable bonds is 6. The molecular weight excluding hydrogens is 679 g/mol. The van der Waals surface area contributed by atoms with Gasteiger partial charge in [0.1, 0.15) is 0 Å². The van der Waals surface area contributed by atoms with Crippen molar-refractivity contribution in [1.29, 1.82) is 0 Å². The van der Waals surface area contributed by atoms with Gasteiger partial charge in [0.05, 0.1) is 0 Å². The quantitative estimate of drug-likeness (QED) is 0.174. The van der Waals surface area contributed by atoms with Gasteiger partial charge in [-0.15, -0.1) is 0 Å².